The second kappa shape index (κ2) is 5.13. The molecule has 0 radical (unpaired) electrons. The van der Waals surface area contributed by atoms with Gasteiger partial charge in [0.25, 0.3) is 0 Å². The average molecular weight is 254 g/mol. The van der Waals surface area contributed by atoms with Crippen molar-refractivity contribution in [2.24, 2.45) is 5.41 Å². The smallest absolute Gasteiger partial charge is 0.133 e. The van der Waals surface area contributed by atoms with Crippen LogP contribution in [0, 0.1) is 5.41 Å². The molecule has 0 spiro atoms. The van der Waals surface area contributed by atoms with E-state index in [1.807, 2.05) is 6.07 Å². The molecule has 0 saturated heterocycles. The predicted octanol–water partition coefficient (Wildman–Crippen LogP) is 3.70. The molecule has 0 unspecified atom stereocenters. The van der Waals surface area contributed by atoms with Crippen molar-refractivity contribution in [1.82, 2.24) is 4.98 Å². The molecule has 94 valence electrons. The second-order valence-corrected chi connectivity index (χ2v) is 5.41. The van der Waals surface area contributed by atoms with Gasteiger partial charge in [-0.25, -0.2) is 4.98 Å². The van der Waals surface area contributed by atoms with Crippen LogP contribution in [-0.4, -0.2) is 11.5 Å². The Morgan fingerprint density at radius 2 is 2.12 bits per heavy atom. The number of hydrogen-bond donors (Lipinski definition) is 2. The third-order valence-corrected chi connectivity index (χ3v) is 4.07. The average Bonchev–Trinajstić information content (AvgIpc) is 2.74. The van der Waals surface area contributed by atoms with Crippen molar-refractivity contribution in [3.8, 4) is 0 Å². The standard InChI is InChI=1S/C13H20ClN3/c1-2-13(5-3-4-6-13)9-16-12-8-10(15)7-11(14)17-12/h7-8H,2-6,9H2,1H3,(H3,15,16,17). The zero-order valence-electron chi connectivity index (χ0n) is 10.3. The van der Waals surface area contributed by atoms with E-state index in [9.17, 15) is 0 Å². The summed E-state index contributed by atoms with van der Waals surface area (Å²) in [5, 5.41) is 3.83. The number of nitrogens with two attached hydrogens (primary N) is 1. The molecule has 4 heteroatoms. The van der Waals surface area contributed by atoms with E-state index in [2.05, 4.69) is 17.2 Å². The number of rotatable bonds is 4. The van der Waals surface area contributed by atoms with Gasteiger partial charge in [-0.1, -0.05) is 31.4 Å². The summed E-state index contributed by atoms with van der Waals surface area (Å²) in [5.41, 5.74) is 6.84. The summed E-state index contributed by atoms with van der Waals surface area (Å²) in [7, 11) is 0. The van der Waals surface area contributed by atoms with E-state index in [1.54, 1.807) is 6.07 Å². The third-order valence-electron chi connectivity index (χ3n) is 3.88. The lowest BCUT2D eigenvalue weighted by atomic mass is 9.83. The summed E-state index contributed by atoms with van der Waals surface area (Å²) in [5.74, 6) is 0.787. The van der Waals surface area contributed by atoms with Gasteiger partial charge in [0.15, 0.2) is 0 Å². The second-order valence-electron chi connectivity index (χ2n) is 5.02. The Labute approximate surface area is 108 Å². The number of halogens is 1. The van der Waals surface area contributed by atoms with Gasteiger partial charge in [-0.05, 0) is 30.7 Å². The van der Waals surface area contributed by atoms with Crippen LogP contribution in [0.3, 0.4) is 0 Å². The largest absolute Gasteiger partial charge is 0.399 e. The van der Waals surface area contributed by atoms with Crippen molar-refractivity contribution in [2.75, 3.05) is 17.6 Å². The number of nitrogens with zero attached hydrogens (tertiary/aromatic N) is 1. The number of nitrogens with one attached hydrogen (secondary N) is 1. The van der Waals surface area contributed by atoms with Gasteiger partial charge in [0.2, 0.25) is 0 Å². The minimum Gasteiger partial charge on any atom is -0.399 e. The van der Waals surface area contributed by atoms with E-state index < -0.39 is 0 Å². The fraction of sp³-hybridized carbons (Fsp3) is 0.615. The number of aromatic nitrogens is 1. The van der Waals surface area contributed by atoms with Crippen molar-refractivity contribution in [3.05, 3.63) is 17.3 Å². The van der Waals surface area contributed by atoms with Crippen molar-refractivity contribution in [1.29, 1.82) is 0 Å². The Bertz CT molecular complexity index is 366. The van der Waals surface area contributed by atoms with Gasteiger partial charge >= 0.3 is 0 Å². The Morgan fingerprint density at radius 1 is 1.41 bits per heavy atom. The highest BCUT2D eigenvalue weighted by Gasteiger charge is 2.31. The molecule has 2 rings (SSSR count). The zero-order valence-corrected chi connectivity index (χ0v) is 11.1. The maximum Gasteiger partial charge on any atom is 0.133 e. The van der Waals surface area contributed by atoms with Crippen LogP contribution in [0.2, 0.25) is 5.15 Å². The summed E-state index contributed by atoms with van der Waals surface area (Å²) >= 11 is 5.88. The van der Waals surface area contributed by atoms with Crippen LogP contribution in [0.1, 0.15) is 39.0 Å². The monoisotopic (exact) mass is 253 g/mol. The molecule has 1 heterocycles. The summed E-state index contributed by atoms with van der Waals surface area (Å²) < 4.78 is 0. The zero-order chi connectivity index (χ0) is 12.3. The summed E-state index contributed by atoms with van der Waals surface area (Å²) in [6.45, 7) is 3.24. The first-order valence-electron chi connectivity index (χ1n) is 6.30. The molecular formula is C13H20ClN3. The highest BCUT2D eigenvalue weighted by molar-refractivity contribution is 6.29. The van der Waals surface area contributed by atoms with E-state index in [-0.39, 0.29) is 0 Å². The normalized spacial score (nSPS) is 18.2. The maximum atomic E-state index is 5.88. The van der Waals surface area contributed by atoms with Crippen LogP contribution < -0.4 is 11.1 Å². The molecule has 1 aromatic rings. The molecule has 1 aromatic heterocycles. The summed E-state index contributed by atoms with van der Waals surface area (Å²) in [4.78, 5) is 4.23. The predicted molar refractivity (Wildman–Crippen MR) is 73.3 cm³/mol. The van der Waals surface area contributed by atoms with Gasteiger partial charge < -0.3 is 11.1 Å². The molecule has 1 aliphatic carbocycles. The molecule has 0 aromatic carbocycles. The first-order valence-corrected chi connectivity index (χ1v) is 6.68. The third kappa shape index (κ3) is 3.03. The molecule has 17 heavy (non-hydrogen) atoms. The molecule has 3 nitrogen and oxygen atoms in total. The van der Waals surface area contributed by atoms with Crippen LogP contribution >= 0.6 is 11.6 Å². The molecular weight excluding hydrogens is 234 g/mol. The fourth-order valence-electron chi connectivity index (χ4n) is 2.67. The lowest BCUT2D eigenvalue weighted by molar-refractivity contribution is 0.306. The summed E-state index contributed by atoms with van der Waals surface area (Å²) in [6, 6.07) is 3.50. The van der Waals surface area contributed by atoms with Gasteiger partial charge in [-0.15, -0.1) is 0 Å². The lowest BCUT2D eigenvalue weighted by Crippen LogP contribution is -2.26. The van der Waals surface area contributed by atoms with Gasteiger partial charge in [-0.2, -0.15) is 0 Å². The quantitative estimate of drug-likeness (QED) is 0.805. The van der Waals surface area contributed by atoms with Gasteiger partial charge in [0.1, 0.15) is 11.0 Å². The van der Waals surface area contributed by atoms with Crippen LogP contribution in [0.5, 0.6) is 0 Å². The maximum absolute atomic E-state index is 5.88. The SMILES string of the molecule is CCC1(CNc2cc(N)cc(Cl)n2)CCCC1. The van der Waals surface area contributed by atoms with Crippen LogP contribution in [0.4, 0.5) is 11.5 Å². The molecule has 1 fully saturated rings. The topological polar surface area (TPSA) is 50.9 Å². The van der Waals surface area contributed by atoms with Crippen molar-refractivity contribution in [2.45, 2.75) is 39.0 Å². The van der Waals surface area contributed by atoms with Crippen molar-refractivity contribution in [3.63, 3.8) is 0 Å². The minimum absolute atomic E-state index is 0.443. The van der Waals surface area contributed by atoms with E-state index in [1.165, 1.54) is 32.1 Å². The van der Waals surface area contributed by atoms with Crippen molar-refractivity contribution < 1.29 is 0 Å². The fourth-order valence-corrected chi connectivity index (χ4v) is 2.88. The number of anilines is 2. The highest BCUT2D eigenvalue weighted by atomic mass is 35.5. The molecule has 3 N–H and O–H groups in total. The Morgan fingerprint density at radius 3 is 2.71 bits per heavy atom. The first-order chi connectivity index (χ1) is 8.13. The first kappa shape index (κ1) is 12.5. The van der Waals surface area contributed by atoms with E-state index in [0.29, 0.717) is 16.3 Å². The van der Waals surface area contributed by atoms with Gasteiger partial charge in [-0.3, -0.25) is 0 Å². The molecule has 1 aliphatic rings. The molecule has 0 amide bonds. The van der Waals surface area contributed by atoms with E-state index in [0.717, 1.165) is 12.4 Å². The van der Waals surface area contributed by atoms with Crippen LogP contribution in [-0.2, 0) is 0 Å². The van der Waals surface area contributed by atoms with Crippen molar-refractivity contribution >= 4 is 23.1 Å². The van der Waals surface area contributed by atoms with Crippen LogP contribution in [0.15, 0.2) is 12.1 Å². The molecule has 0 bridgehead atoms. The molecule has 0 atom stereocenters. The molecule has 1 saturated carbocycles. The highest BCUT2D eigenvalue weighted by Crippen LogP contribution is 2.40. The Hall–Kier alpha value is -0.960. The van der Waals surface area contributed by atoms with Gasteiger partial charge in [0.05, 0.1) is 0 Å². The number of hydrogen-bond acceptors (Lipinski definition) is 3. The number of pyridine rings is 1. The van der Waals surface area contributed by atoms with E-state index in [4.69, 9.17) is 17.3 Å². The van der Waals surface area contributed by atoms with Gasteiger partial charge in [0, 0.05) is 18.3 Å². The Kier molecular flexibility index (Phi) is 3.77. The molecule has 0 aliphatic heterocycles. The minimum atomic E-state index is 0.443. The van der Waals surface area contributed by atoms with Crippen LogP contribution in [0.25, 0.3) is 0 Å². The number of nitrogen functional groups attached to an aromatic ring is 1. The Balaban J connectivity index is 2.01. The lowest BCUT2D eigenvalue weighted by Gasteiger charge is -2.28. The summed E-state index contributed by atoms with van der Waals surface area (Å²) in [6.07, 6.45) is 6.54. The van der Waals surface area contributed by atoms with E-state index >= 15 is 0 Å².